The van der Waals surface area contributed by atoms with E-state index in [0.717, 1.165) is 10.2 Å². The van der Waals surface area contributed by atoms with Gasteiger partial charge in [0.2, 0.25) is 0 Å². The van der Waals surface area contributed by atoms with Crippen molar-refractivity contribution in [3.8, 4) is 0 Å². The number of carbonyl (C=O) groups excluding carboxylic acids is 1. The van der Waals surface area contributed by atoms with Crippen LogP contribution in [0.2, 0.25) is 0 Å². The molecule has 170 valence electrons. The highest BCUT2D eigenvalue weighted by molar-refractivity contribution is 7.99. The minimum absolute atomic E-state index is 0.264. The molecule has 0 radical (unpaired) electrons. The molecule has 0 spiro atoms. The molecule has 0 saturated carbocycles. The minimum Gasteiger partial charge on any atom is -0.289 e. The number of amides is 1. The number of rotatable bonds is 6. The zero-order valence-electron chi connectivity index (χ0n) is 17.5. The molecule has 0 aliphatic heterocycles. The number of halogens is 2. The Balaban J connectivity index is 1.54. The van der Waals surface area contributed by atoms with Gasteiger partial charge in [-0.25, -0.2) is 9.97 Å². The number of aromatic nitrogens is 3. The number of anilines is 2. The second kappa shape index (κ2) is 9.32. The molecule has 3 aromatic carbocycles. The molecule has 1 amide bonds. The molecule has 0 unspecified atom stereocenters. The SMILES string of the molecule is O=C(Cn1cnc2ccccc2c1=O)N(c1ccc(SC(F)F)cc1)c1nc2ccccc2s1. The van der Waals surface area contributed by atoms with Gasteiger partial charge in [-0.05, 0) is 48.5 Å². The Kier molecular flexibility index (Phi) is 6.08. The summed E-state index contributed by atoms with van der Waals surface area (Å²) in [5.74, 6) is -2.95. The lowest BCUT2D eigenvalue weighted by Crippen LogP contribution is -2.33. The van der Waals surface area contributed by atoms with E-state index in [2.05, 4.69) is 9.97 Å². The molecule has 6 nitrogen and oxygen atoms in total. The number of benzene rings is 3. The van der Waals surface area contributed by atoms with Crippen LogP contribution in [0.15, 0.2) is 88.8 Å². The molecule has 0 aliphatic rings. The van der Waals surface area contributed by atoms with E-state index in [4.69, 9.17) is 0 Å². The first-order valence-electron chi connectivity index (χ1n) is 10.2. The molecule has 0 N–H and O–H groups in total. The summed E-state index contributed by atoms with van der Waals surface area (Å²) in [5.41, 5.74) is 1.41. The topological polar surface area (TPSA) is 68.1 Å². The van der Waals surface area contributed by atoms with Crippen LogP contribution in [-0.4, -0.2) is 26.2 Å². The second-order valence-electron chi connectivity index (χ2n) is 7.26. The Morgan fingerprint density at radius 1 is 1.00 bits per heavy atom. The fourth-order valence-corrected chi connectivity index (χ4v) is 5.03. The van der Waals surface area contributed by atoms with Crippen molar-refractivity contribution < 1.29 is 13.6 Å². The molecule has 0 atom stereocenters. The summed E-state index contributed by atoms with van der Waals surface area (Å²) in [6.45, 7) is -0.264. The Bertz CT molecular complexity index is 1520. The molecule has 0 aliphatic carbocycles. The number of alkyl halides is 2. The largest absolute Gasteiger partial charge is 0.289 e. The van der Waals surface area contributed by atoms with Crippen LogP contribution in [0.1, 0.15) is 0 Å². The van der Waals surface area contributed by atoms with Crippen LogP contribution in [0.3, 0.4) is 0 Å². The van der Waals surface area contributed by atoms with Gasteiger partial charge in [0.1, 0.15) is 6.54 Å². The third kappa shape index (κ3) is 4.42. The van der Waals surface area contributed by atoms with Crippen LogP contribution >= 0.6 is 23.1 Å². The lowest BCUT2D eigenvalue weighted by atomic mass is 10.2. The highest BCUT2D eigenvalue weighted by atomic mass is 32.2. The first kappa shape index (κ1) is 22.2. The molecule has 0 saturated heterocycles. The molecule has 34 heavy (non-hydrogen) atoms. The Hall–Kier alpha value is -3.63. The normalized spacial score (nSPS) is 11.4. The first-order valence-corrected chi connectivity index (χ1v) is 11.9. The van der Waals surface area contributed by atoms with E-state index in [0.29, 0.717) is 38.4 Å². The summed E-state index contributed by atoms with van der Waals surface area (Å²) in [4.78, 5) is 37.1. The van der Waals surface area contributed by atoms with Gasteiger partial charge in [0.05, 0.1) is 33.1 Å². The van der Waals surface area contributed by atoms with Crippen LogP contribution < -0.4 is 10.5 Å². The monoisotopic (exact) mass is 494 g/mol. The van der Waals surface area contributed by atoms with Crippen molar-refractivity contribution in [1.82, 2.24) is 14.5 Å². The average Bonchev–Trinajstić information content (AvgIpc) is 3.25. The predicted molar refractivity (Wildman–Crippen MR) is 131 cm³/mol. The number of thiazole rings is 1. The van der Waals surface area contributed by atoms with E-state index in [1.807, 2.05) is 24.3 Å². The third-order valence-electron chi connectivity index (χ3n) is 5.08. The minimum atomic E-state index is -2.54. The zero-order valence-corrected chi connectivity index (χ0v) is 19.1. The number of para-hydroxylation sites is 2. The average molecular weight is 495 g/mol. The van der Waals surface area contributed by atoms with Gasteiger partial charge < -0.3 is 0 Å². The highest BCUT2D eigenvalue weighted by Crippen LogP contribution is 2.35. The first-order chi connectivity index (χ1) is 16.5. The van der Waals surface area contributed by atoms with Gasteiger partial charge in [-0.1, -0.05) is 47.4 Å². The number of thioether (sulfide) groups is 1. The Labute approximate surface area is 200 Å². The molecule has 0 fully saturated rings. The Morgan fingerprint density at radius 2 is 1.71 bits per heavy atom. The fourth-order valence-electron chi connectivity index (χ4n) is 3.53. The van der Waals surface area contributed by atoms with Crippen LogP contribution in [0.4, 0.5) is 19.6 Å². The maximum absolute atomic E-state index is 13.5. The lowest BCUT2D eigenvalue weighted by molar-refractivity contribution is -0.118. The van der Waals surface area contributed by atoms with Crippen molar-refractivity contribution in [3.63, 3.8) is 0 Å². The Morgan fingerprint density at radius 3 is 2.44 bits per heavy atom. The van der Waals surface area contributed by atoms with E-state index in [9.17, 15) is 18.4 Å². The summed E-state index contributed by atoms with van der Waals surface area (Å²) in [5, 5.41) is 0.833. The molecule has 10 heteroatoms. The van der Waals surface area contributed by atoms with E-state index in [1.54, 1.807) is 36.4 Å². The van der Waals surface area contributed by atoms with Crippen LogP contribution in [0, 0.1) is 0 Å². The molecule has 0 bridgehead atoms. The quantitative estimate of drug-likeness (QED) is 0.284. The molecule has 5 rings (SSSR count). The third-order valence-corrected chi connectivity index (χ3v) is 6.82. The summed E-state index contributed by atoms with van der Waals surface area (Å²) in [6.07, 6.45) is 1.35. The summed E-state index contributed by atoms with van der Waals surface area (Å²) in [7, 11) is 0. The van der Waals surface area contributed by atoms with Gasteiger partial charge in [-0.2, -0.15) is 8.78 Å². The van der Waals surface area contributed by atoms with E-state index >= 15 is 0 Å². The van der Waals surface area contributed by atoms with Gasteiger partial charge in [0.15, 0.2) is 5.13 Å². The van der Waals surface area contributed by atoms with Crippen molar-refractivity contribution in [2.45, 2.75) is 17.2 Å². The van der Waals surface area contributed by atoms with Crippen molar-refractivity contribution >= 4 is 60.9 Å². The molecule has 2 heterocycles. The van der Waals surface area contributed by atoms with Crippen LogP contribution in [-0.2, 0) is 11.3 Å². The summed E-state index contributed by atoms with van der Waals surface area (Å²) >= 11 is 1.76. The van der Waals surface area contributed by atoms with Gasteiger partial charge in [0, 0.05) is 4.90 Å². The van der Waals surface area contributed by atoms with Crippen LogP contribution in [0.25, 0.3) is 21.1 Å². The van der Waals surface area contributed by atoms with E-state index < -0.39 is 11.7 Å². The number of hydrogen-bond donors (Lipinski definition) is 0. The molecule has 2 aromatic heterocycles. The standard InChI is InChI=1S/C24H16F2N4O2S2/c25-23(26)33-16-11-9-15(10-12-16)30(24-28-19-7-3-4-8-20(19)34-24)21(31)13-29-14-27-18-6-2-1-5-17(18)22(29)32/h1-12,14,23H,13H2. The summed E-state index contributed by atoms with van der Waals surface area (Å²) < 4.78 is 27.6. The number of carbonyl (C=O) groups is 1. The van der Waals surface area contributed by atoms with Gasteiger partial charge in [-0.15, -0.1) is 0 Å². The van der Waals surface area contributed by atoms with Crippen molar-refractivity contribution in [2.24, 2.45) is 0 Å². The number of fused-ring (bicyclic) bond motifs is 2. The maximum Gasteiger partial charge on any atom is 0.288 e. The van der Waals surface area contributed by atoms with Gasteiger partial charge >= 0.3 is 0 Å². The summed E-state index contributed by atoms with van der Waals surface area (Å²) in [6, 6.07) is 20.7. The fraction of sp³-hybridized carbons (Fsp3) is 0.0833. The highest BCUT2D eigenvalue weighted by Gasteiger charge is 2.23. The predicted octanol–water partition coefficient (Wildman–Crippen LogP) is 5.69. The maximum atomic E-state index is 13.5. The van der Waals surface area contributed by atoms with Crippen molar-refractivity contribution in [1.29, 1.82) is 0 Å². The molecular formula is C24H16F2N4O2S2. The smallest absolute Gasteiger partial charge is 0.288 e. The van der Waals surface area contributed by atoms with Crippen molar-refractivity contribution in [2.75, 3.05) is 4.90 Å². The van der Waals surface area contributed by atoms with E-state index in [-0.39, 0.29) is 12.1 Å². The molecular weight excluding hydrogens is 478 g/mol. The van der Waals surface area contributed by atoms with Gasteiger partial charge in [-0.3, -0.25) is 19.1 Å². The number of nitrogens with zero attached hydrogens (tertiary/aromatic N) is 4. The van der Waals surface area contributed by atoms with Crippen LogP contribution in [0.5, 0.6) is 0 Å². The van der Waals surface area contributed by atoms with Gasteiger partial charge in [0.25, 0.3) is 17.2 Å². The number of hydrogen-bond acceptors (Lipinski definition) is 6. The molecule has 5 aromatic rings. The van der Waals surface area contributed by atoms with E-state index in [1.165, 1.54) is 39.3 Å². The zero-order chi connectivity index (χ0) is 23.7. The van der Waals surface area contributed by atoms with Crippen molar-refractivity contribution in [3.05, 3.63) is 89.5 Å². The lowest BCUT2D eigenvalue weighted by Gasteiger charge is -2.21. The second-order valence-corrected chi connectivity index (χ2v) is 9.33.